The normalized spacial score (nSPS) is 19.5. The maximum atomic E-state index is 9.05. The topological polar surface area (TPSA) is 93.4 Å². The summed E-state index contributed by atoms with van der Waals surface area (Å²) < 4.78 is 1.58. The zero-order chi connectivity index (χ0) is 10.9. The summed E-state index contributed by atoms with van der Waals surface area (Å²) in [6.07, 6.45) is 2.11. The summed E-state index contributed by atoms with van der Waals surface area (Å²) in [4.78, 5) is 0. The predicted octanol–water partition coefficient (Wildman–Crippen LogP) is -0.0667. The van der Waals surface area contributed by atoms with Gasteiger partial charge in [0.1, 0.15) is 5.54 Å². The first kappa shape index (κ1) is 10.4. The first-order valence-corrected chi connectivity index (χ1v) is 5.69. The Hall–Kier alpha value is -1.13. The molecule has 1 saturated carbocycles. The lowest BCUT2D eigenvalue weighted by atomic mass is 10.00. The van der Waals surface area contributed by atoms with Gasteiger partial charge in [-0.15, -0.1) is 5.10 Å². The van der Waals surface area contributed by atoms with E-state index in [4.69, 9.17) is 11.0 Å². The van der Waals surface area contributed by atoms with Gasteiger partial charge < -0.3 is 5.73 Å². The van der Waals surface area contributed by atoms with Crippen LogP contribution in [0.1, 0.15) is 12.8 Å². The van der Waals surface area contributed by atoms with E-state index >= 15 is 0 Å². The van der Waals surface area contributed by atoms with E-state index in [1.807, 2.05) is 0 Å². The summed E-state index contributed by atoms with van der Waals surface area (Å²) in [7, 11) is 1.77. The summed E-state index contributed by atoms with van der Waals surface area (Å²) in [5.41, 5.74) is 5.28. The van der Waals surface area contributed by atoms with Gasteiger partial charge in [-0.05, 0) is 29.2 Å². The van der Waals surface area contributed by atoms with Crippen molar-refractivity contribution in [2.75, 3.05) is 5.75 Å². The van der Waals surface area contributed by atoms with Crippen molar-refractivity contribution in [3.63, 3.8) is 0 Å². The Kier molecular flexibility index (Phi) is 2.63. The highest BCUT2D eigenvalue weighted by Crippen LogP contribution is 2.40. The molecule has 6 nitrogen and oxygen atoms in total. The molecular formula is C8H12N6S. The molecule has 0 aliphatic heterocycles. The minimum Gasteiger partial charge on any atom is -0.312 e. The number of nitrogens with two attached hydrogens (primary N) is 1. The van der Waals surface area contributed by atoms with Crippen molar-refractivity contribution in [1.82, 2.24) is 20.2 Å². The third-order valence-corrected chi connectivity index (χ3v) is 3.76. The Labute approximate surface area is 91.8 Å². The zero-order valence-electron chi connectivity index (χ0n) is 8.42. The summed E-state index contributed by atoms with van der Waals surface area (Å²) in [5.74, 6) is 0.888. The van der Waals surface area contributed by atoms with Crippen LogP contribution in [0.5, 0.6) is 0 Å². The molecule has 7 heteroatoms. The number of aryl methyl sites for hydroxylation is 1. The Morgan fingerprint density at radius 3 is 2.93 bits per heavy atom. The van der Waals surface area contributed by atoms with Crippen LogP contribution in [0.2, 0.25) is 0 Å². The average molecular weight is 224 g/mol. The fourth-order valence-electron chi connectivity index (χ4n) is 1.37. The molecule has 1 aliphatic rings. The predicted molar refractivity (Wildman–Crippen MR) is 54.8 cm³/mol. The second-order valence-corrected chi connectivity index (χ2v) is 4.74. The van der Waals surface area contributed by atoms with Crippen molar-refractivity contribution in [3.05, 3.63) is 0 Å². The highest BCUT2D eigenvalue weighted by Gasteiger charge is 2.42. The number of rotatable bonds is 4. The number of nitriles is 1. The van der Waals surface area contributed by atoms with E-state index in [0.717, 1.165) is 12.8 Å². The highest BCUT2D eigenvalue weighted by molar-refractivity contribution is 7.99. The van der Waals surface area contributed by atoms with Crippen molar-refractivity contribution in [1.29, 1.82) is 5.26 Å². The molecule has 0 spiro atoms. The van der Waals surface area contributed by atoms with Gasteiger partial charge in [-0.3, -0.25) is 0 Å². The average Bonchev–Trinajstić information content (AvgIpc) is 3.01. The lowest BCUT2D eigenvalue weighted by molar-refractivity contribution is 0.531. The summed E-state index contributed by atoms with van der Waals surface area (Å²) in [6, 6.07) is 2.20. The summed E-state index contributed by atoms with van der Waals surface area (Å²) in [6.45, 7) is 0. The van der Waals surface area contributed by atoms with Gasteiger partial charge in [-0.1, -0.05) is 11.8 Å². The van der Waals surface area contributed by atoms with Gasteiger partial charge in [0.2, 0.25) is 5.16 Å². The number of thioether (sulfide) groups is 1. The van der Waals surface area contributed by atoms with Crippen LogP contribution in [0, 0.1) is 17.2 Å². The largest absolute Gasteiger partial charge is 0.312 e. The Bertz CT molecular complexity index is 392. The Balaban J connectivity index is 1.98. The van der Waals surface area contributed by atoms with Gasteiger partial charge in [-0.2, -0.15) is 5.26 Å². The molecule has 1 fully saturated rings. The van der Waals surface area contributed by atoms with Gasteiger partial charge in [0.25, 0.3) is 0 Å². The molecule has 0 aromatic carbocycles. The zero-order valence-corrected chi connectivity index (χ0v) is 9.24. The molecule has 0 amide bonds. The van der Waals surface area contributed by atoms with Crippen molar-refractivity contribution < 1.29 is 0 Å². The Morgan fingerprint density at radius 1 is 1.73 bits per heavy atom. The number of nitrogens with zero attached hydrogens (tertiary/aromatic N) is 5. The molecular weight excluding hydrogens is 212 g/mol. The lowest BCUT2D eigenvalue weighted by Crippen LogP contribution is -2.43. The second kappa shape index (κ2) is 3.79. The SMILES string of the molecule is Cn1nnnc1SCC(N)(C#N)C1CC1. The van der Waals surface area contributed by atoms with E-state index in [-0.39, 0.29) is 0 Å². The summed E-state index contributed by atoms with van der Waals surface area (Å²) >= 11 is 1.43. The molecule has 0 bridgehead atoms. The maximum absolute atomic E-state index is 9.05. The van der Waals surface area contributed by atoms with Crippen LogP contribution >= 0.6 is 11.8 Å². The molecule has 0 saturated heterocycles. The van der Waals surface area contributed by atoms with Crippen molar-refractivity contribution >= 4 is 11.8 Å². The minimum atomic E-state index is -0.726. The van der Waals surface area contributed by atoms with E-state index in [0.29, 0.717) is 16.8 Å². The van der Waals surface area contributed by atoms with Crippen molar-refractivity contribution in [2.24, 2.45) is 18.7 Å². The Morgan fingerprint density at radius 2 is 2.47 bits per heavy atom. The maximum Gasteiger partial charge on any atom is 0.209 e. The number of aromatic nitrogens is 4. The van der Waals surface area contributed by atoms with Crippen LogP contribution in [0.15, 0.2) is 5.16 Å². The fourth-order valence-corrected chi connectivity index (χ4v) is 2.35. The van der Waals surface area contributed by atoms with Crippen LogP contribution in [0.3, 0.4) is 0 Å². The number of hydrogen-bond acceptors (Lipinski definition) is 6. The van der Waals surface area contributed by atoms with E-state index < -0.39 is 5.54 Å². The molecule has 80 valence electrons. The lowest BCUT2D eigenvalue weighted by Gasteiger charge is -2.19. The molecule has 0 radical (unpaired) electrons. The van der Waals surface area contributed by atoms with E-state index in [2.05, 4.69) is 21.6 Å². The second-order valence-electron chi connectivity index (χ2n) is 3.80. The van der Waals surface area contributed by atoms with Crippen LogP contribution < -0.4 is 5.73 Å². The van der Waals surface area contributed by atoms with Crippen molar-refractivity contribution in [2.45, 2.75) is 23.5 Å². The third-order valence-electron chi connectivity index (χ3n) is 2.54. The van der Waals surface area contributed by atoms with E-state index in [1.54, 1.807) is 11.7 Å². The molecule has 2 rings (SSSR count). The molecule has 1 heterocycles. The van der Waals surface area contributed by atoms with Gasteiger partial charge in [0, 0.05) is 12.8 Å². The van der Waals surface area contributed by atoms with Gasteiger partial charge in [-0.25, -0.2) is 4.68 Å². The van der Waals surface area contributed by atoms with Gasteiger partial charge in [0.05, 0.1) is 6.07 Å². The molecule has 1 aromatic rings. The molecule has 1 atom stereocenters. The molecule has 1 unspecified atom stereocenters. The van der Waals surface area contributed by atoms with Gasteiger partial charge >= 0.3 is 0 Å². The standard InChI is InChI=1S/C8H12N6S/c1-14-7(11-12-13-14)15-5-8(10,4-9)6-2-3-6/h6H,2-3,5,10H2,1H3. The molecule has 2 N–H and O–H groups in total. The number of tetrazole rings is 1. The van der Waals surface area contributed by atoms with Crippen molar-refractivity contribution in [3.8, 4) is 6.07 Å². The van der Waals surface area contributed by atoms with Gasteiger partial charge in [0.15, 0.2) is 0 Å². The van der Waals surface area contributed by atoms with Crippen LogP contribution in [-0.4, -0.2) is 31.5 Å². The number of hydrogen-bond donors (Lipinski definition) is 1. The fraction of sp³-hybridized carbons (Fsp3) is 0.750. The highest BCUT2D eigenvalue weighted by atomic mass is 32.2. The van der Waals surface area contributed by atoms with E-state index in [9.17, 15) is 0 Å². The monoisotopic (exact) mass is 224 g/mol. The quantitative estimate of drug-likeness (QED) is 0.720. The third kappa shape index (κ3) is 2.11. The first-order chi connectivity index (χ1) is 7.15. The summed E-state index contributed by atoms with van der Waals surface area (Å²) in [5, 5.41) is 20.8. The minimum absolute atomic E-state index is 0.344. The van der Waals surface area contributed by atoms with Crippen LogP contribution in [0.25, 0.3) is 0 Å². The first-order valence-electron chi connectivity index (χ1n) is 4.71. The van der Waals surface area contributed by atoms with Crippen LogP contribution in [0.4, 0.5) is 0 Å². The van der Waals surface area contributed by atoms with Crippen LogP contribution in [-0.2, 0) is 7.05 Å². The molecule has 1 aliphatic carbocycles. The van der Waals surface area contributed by atoms with E-state index in [1.165, 1.54) is 11.8 Å². The molecule has 15 heavy (non-hydrogen) atoms. The molecule has 1 aromatic heterocycles. The smallest absolute Gasteiger partial charge is 0.209 e.